The van der Waals surface area contributed by atoms with Gasteiger partial charge in [0.25, 0.3) is 0 Å². The first kappa shape index (κ1) is 43.4. The summed E-state index contributed by atoms with van der Waals surface area (Å²) in [6.45, 7) is 4.35. The fourth-order valence-corrected chi connectivity index (χ4v) is 9.45. The van der Waals surface area contributed by atoms with Crippen molar-refractivity contribution in [3.8, 4) is 55.6 Å². The summed E-state index contributed by atoms with van der Waals surface area (Å²) in [5.74, 6) is 0. The molecule has 2 heteroatoms. The Balaban J connectivity index is 0.933. The fourth-order valence-electron chi connectivity index (χ4n) is 9.45. The van der Waals surface area contributed by atoms with Crippen molar-refractivity contribution in [2.75, 3.05) is 9.80 Å². The Bertz CT molecular complexity index is 3180. The molecule has 10 rings (SSSR count). The molecule has 0 amide bonds. The summed E-state index contributed by atoms with van der Waals surface area (Å²) in [5, 5.41) is 0. The van der Waals surface area contributed by atoms with Crippen LogP contribution >= 0.6 is 0 Å². The van der Waals surface area contributed by atoms with Gasteiger partial charge >= 0.3 is 0 Å². The van der Waals surface area contributed by atoms with Crippen molar-refractivity contribution in [1.82, 2.24) is 0 Å². The second kappa shape index (κ2) is 20.8. The quantitative estimate of drug-likeness (QED) is 0.0947. The summed E-state index contributed by atoms with van der Waals surface area (Å²) in [6.07, 6.45) is 16.4. The van der Waals surface area contributed by atoms with Crippen LogP contribution in [0.15, 0.2) is 279 Å². The Morgan fingerprint density at radius 3 is 1.37 bits per heavy atom. The van der Waals surface area contributed by atoms with E-state index in [2.05, 4.69) is 289 Å². The van der Waals surface area contributed by atoms with Crippen molar-refractivity contribution >= 4 is 28.8 Å². The third-order valence-electron chi connectivity index (χ3n) is 12.9. The lowest BCUT2D eigenvalue weighted by Gasteiger charge is -2.31. The maximum Gasteiger partial charge on any atom is 0.0554 e. The van der Waals surface area contributed by atoms with Gasteiger partial charge in [-0.2, -0.15) is 0 Å². The molecule has 328 valence electrons. The molecule has 9 aromatic carbocycles. The summed E-state index contributed by atoms with van der Waals surface area (Å²) >= 11 is 0. The topological polar surface area (TPSA) is 6.48 Å². The van der Waals surface area contributed by atoms with Crippen molar-refractivity contribution < 1.29 is 0 Å². The number of allylic oxidation sites excluding steroid dienone is 3. The minimum Gasteiger partial charge on any atom is -0.334 e. The number of hydrogen-bond donors (Lipinski definition) is 0. The molecular formula is C66H54N2. The predicted octanol–water partition coefficient (Wildman–Crippen LogP) is 18.2. The van der Waals surface area contributed by atoms with Crippen molar-refractivity contribution in [1.29, 1.82) is 0 Å². The molecular weight excluding hydrogens is 821 g/mol. The Hall–Kier alpha value is -8.46. The van der Waals surface area contributed by atoms with Crippen LogP contribution in [0.2, 0.25) is 0 Å². The summed E-state index contributed by atoms with van der Waals surface area (Å²) in [5.41, 5.74) is 18.9. The van der Waals surface area contributed by atoms with E-state index in [1.807, 2.05) is 0 Å². The standard InChI is InChI=1S/C66H54N2/c1-2-56(67(57-28-11-5-12-29-57)59-44-38-52(39-45-59)50-22-7-3-8-23-50)32-21-27-54-26-15-16-33-62(54)64-36-19-20-37-66(64)65-35-18-17-34-63(65)55-42-48-61(49-43-55)68(58-30-13-6-14-31-58)60-46-40-53(41-47-60)51-24-9-4-10-25-51/h2-5,7-13,15-31,33-49,56H,1,6,14,32H2/b27-21+. The van der Waals surface area contributed by atoms with Crippen LogP contribution in [0.25, 0.3) is 61.7 Å². The number of benzene rings is 9. The van der Waals surface area contributed by atoms with Crippen LogP contribution in [0.1, 0.15) is 24.8 Å². The van der Waals surface area contributed by atoms with Crippen LogP contribution < -0.4 is 9.80 Å². The second-order valence-corrected chi connectivity index (χ2v) is 17.1. The predicted molar refractivity (Wildman–Crippen MR) is 291 cm³/mol. The Labute approximate surface area is 402 Å². The lowest BCUT2D eigenvalue weighted by atomic mass is 9.88. The van der Waals surface area contributed by atoms with Gasteiger partial charge in [-0.15, -0.1) is 6.58 Å². The first-order valence-electron chi connectivity index (χ1n) is 23.7. The Kier molecular flexibility index (Phi) is 13.3. The van der Waals surface area contributed by atoms with Gasteiger partial charge < -0.3 is 9.80 Å². The lowest BCUT2D eigenvalue weighted by Crippen LogP contribution is -2.28. The highest BCUT2D eigenvalue weighted by Crippen LogP contribution is 2.41. The number of para-hydroxylation sites is 1. The van der Waals surface area contributed by atoms with E-state index >= 15 is 0 Å². The first-order valence-corrected chi connectivity index (χ1v) is 23.7. The highest BCUT2D eigenvalue weighted by atomic mass is 15.2. The van der Waals surface area contributed by atoms with Crippen LogP contribution in [-0.4, -0.2) is 6.04 Å². The molecule has 0 saturated heterocycles. The molecule has 0 bridgehead atoms. The summed E-state index contributed by atoms with van der Waals surface area (Å²) in [4.78, 5) is 4.77. The second-order valence-electron chi connectivity index (χ2n) is 17.1. The van der Waals surface area contributed by atoms with E-state index in [-0.39, 0.29) is 6.04 Å². The molecule has 2 nitrogen and oxygen atoms in total. The number of anilines is 4. The van der Waals surface area contributed by atoms with E-state index in [4.69, 9.17) is 0 Å². The van der Waals surface area contributed by atoms with Crippen molar-refractivity contribution in [2.45, 2.75) is 25.3 Å². The molecule has 0 aliphatic heterocycles. The highest BCUT2D eigenvalue weighted by molar-refractivity contribution is 5.94. The third kappa shape index (κ3) is 9.58. The zero-order valence-corrected chi connectivity index (χ0v) is 38.3. The lowest BCUT2D eigenvalue weighted by molar-refractivity contribution is 0.795. The molecule has 0 aromatic heterocycles. The van der Waals surface area contributed by atoms with Crippen LogP contribution in [0.4, 0.5) is 22.7 Å². The van der Waals surface area contributed by atoms with Crippen LogP contribution in [0, 0.1) is 0 Å². The molecule has 9 aromatic rings. The zero-order chi connectivity index (χ0) is 45.9. The summed E-state index contributed by atoms with van der Waals surface area (Å²) in [6, 6.07) is 85.1. The van der Waals surface area contributed by atoms with Crippen molar-refractivity contribution in [3.05, 3.63) is 285 Å². The minimum absolute atomic E-state index is 0.0251. The molecule has 0 radical (unpaired) electrons. The number of hydrogen-bond acceptors (Lipinski definition) is 2. The smallest absolute Gasteiger partial charge is 0.0554 e. The van der Waals surface area contributed by atoms with Crippen LogP contribution in [0.5, 0.6) is 0 Å². The largest absolute Gasteiger partial charge is 0.334 e. The third-order valence-corrected chi connectivity index (χ3v) is 12.9. The molecule has 0 heterocycles. The van der Waals surface area contributed by atoms with E-state index in [1.165, 1.54) is 66.9 Å². The summed E-state index contributed by atoms with van der Waals surface area (Å²) in [7, 11) is 0. The zero-order valence-electron chi connectivity index (χ0n) is 38.3. The average Bonchev–Trinajstić information content (AvgIpc) is 3.42. The van der Waals surface area contributed by atoms with E-state index in [0.29, 0.717) is 0 Å². The molecule has 0 fully saturated rings. The molecule has 0 spiro atoms. The van der Waals surface area contributed by atoms with Gasteiger partial charge in [0.2, 0.25) is 0 Å². The Morgan fingerprint density at radius 1 is 0.397 bits per heavy atom. The van der Waals surface area contributed by atoms with Crippen LogP contribution in [0.3, 0.4) is 0 Å². The van der Waals surface area contributed by atoms with Gasteiger partial charge in [0.1, 0.15) is 0 Å². The SMILES string of the molecule is C=CC(C/C=C/c1ccccc1-c1ccccc1-c1ccccc1-c1ccc(N(C2=CCCC=C2)c2ccc(-c3ccccc3)cc2)cc1)N(c1ccccc1)c1ccc(-c2ccccc2)cc1. The van der Waals surface area contributed by atoms with Gasteiger partial charge in [-0.3, -0.25) is 0 Å². The van der Waals surface area contributed by atoms with E-state index in [0.717, 1.165) is 42.0 Å². The summed E-state index contributed by atoms with van der Waals surface area (Å²) < 4.78 is 0. The van der Waals surface area contributed by atoms with Gasteiger partial charge in [-0.25, -0.2) is 0 Å². The molecule has 1 unspecified atom stereocenters. The monoisotopic (exact) mass is 874 g/mol. The van der Waals surface area contributed by atoms with E-state index in [1.54, 1.807) is 0 Å². The average molecular weight is 875 g/mol. The fraction of sp³-hybridized carbons (Fsp3) is 0.0606. The minimum atomic E-state index is 0.0251. The number of nitrogens with zero attached hydrogens (tertiary/aromatic N) is 2. The molecule has 68 heavy (non-hydrogen) atoms. The maximum atomic E-state index is 4.35. The molecule has 0 saturated carbocycles. The van der Waals surface area contributed by atoms with Gasteiger partial charge in [0.05, 0.1) is 6.04 Å². The molecule has 1 aliphatic carbocycles. The van der Waals surface area contributed by atoms with Crippen LogP contribution in [-0.2, 0) is 0 Å². The van der Waals surface area contributed by atoms with Gasteiger partial charge in [-0.05, 0) is 135 Å². The molecule has 1 aliphatic rings. The van der Waals surface area contributed by atoms with Crippen molar-refractivity contribution in [3.63, 3.8) is 0 Å². The normalized spacial score (nSPS) is 12.6. The van der Waals surface area contributed by atoms with Gasteiger partial charge in [0, 0.05) is 28.4 Å². The molecule has 1 atom stereocenters. The Morgan fingerprint density at radius 2 is 0.824 bits per heavy atom. The van der Waals surface area contributed by atoms with E-state index in [9.17, 15) is 0 Å². The maximum absolute atomic E-state index is 4.35. The van der Waals surface area contributed by atoms with Gasteiger partial charge in [0.15, 0.2) is 0 Å². The highest BCUT2D eigenvalue weighted by Gasteiger charge is 2.20. The molecule has 0 N–H and O–H groups in total. The van der Waals surface area contributed by atoms with E-state index < -0.39 is 0 Å². The first-order chi connectivity index (χ1) is 33.7. The van der Waals surface area contributed by atoms with Gasteiger partial charge in [-0.1, -0.05) is 218 Å². The number of rotatable bonds is 15. The van der Waals surface area contributed by atoms with Crippen molar-refractivity contribution in [2.24, 2.45) is 0 Å².